The van der Waals surface area contributed by atoms with Gasteiger partial charge in [0.2, 0.25) is 17.7 Å². The zero-order chi connectivity index (χ0) is 54.0. The van der Waals surface area contributed by atoms with Crippen LogP contribution in [-0.2, 0) is 23.9 Å². The molecule has 3 saturated heterocycles. The van der Waals surface area contributed by atoms with Crippen molar-refractivity contribution >= 4 is 52.2 Å². The third-order valence-electron chi connectivity index (χ3n) is 14.8. The van der Waals surface area contributed by atoms with Gasteiger partial charge in [0.1, 0.15) is 24.0 Å². The Morgan fingerprint density at radius 1 is 0.883 bits per heavy atom. The molecule has 10 rings (SSSR count). The van der Waals surface area contributed by atoms with Crippen molar-refractivity contribution in [3.05, 3.63) is 113 Å². The molecule has 0 spiro atoms. The Labute approximate surface area is 451 Å². The number of alkyl halides is 1. The van der Waals surface area contributed by atoms with E-state index in [-0.39, 0.29) is 44.2 Å². The second-order valence-corrected chi connectivity index (χ2v) is 22.5. The molecule has 20 heteroatoms. The fourth-order valence-electron chi connectivity index (χ4n) is 10.2. The van der Waals surface area contributed by atoms with Crippen molar-refractivity contribution in [1.82, 2.24) is 40.3 Å². The number of hydrogen-bond acceptors (Lipinski definition) is 14. The predicted octanol–water partition coefficient (Wildman–Crippen LogP) is 7.13. The molecule has 404 valence electrons. The molecule has 3 aliphatic heterocycles. The zero-order valence-corrected chi connectivity index (χ0v) is 44.9. The van der Waals surface area contributed by atoms with Crippen molar-refractivity contribution in [2.75, 3.05) is 61.1 Å². The number of aromatic nitrogens is 5. The molecule has 0 bridgehead atoms. The van der Waals surface area contributed by atoms with Crippen molar-refractivity contribution in [3.8, 4) is 33.5 Å². The summed E-state index contributed by atoms with van der Waals surface area (Å²) in [5, 5.41) is 24.4. The molecule has 4 atom stereocenters. The number of nitrogens with one attached hydrogen (secondary N) is 3. The topological polar surface area (TPSA) is 209 Å². The number of anilines is 3. The largest absolute Gasteiger partial charge is 0.460 e. The van der Waals surface area contributed by atoms with Crippen LogP contribution in [0.1, 0.15) is 82.2 Å². The zero-order valence-electron chi connectivity index (χ0n) is 44.1. The number of aliphatic hydroxyl groups is 1. The molecule has 6 aromatic rings. The van der Waals surface area contributed by atoms with Crippen LogP contribution < -0.4 is 30.5 Å². The number of ether oxygens (including phenoxy) is 2. The SMILES string of the molecule is Cc1cccc(-c2ccn(-c3cc(N4CCOCC4)nc(OC4CCN(c5ccc(NC(=O)C[C@H](NC(=O)[C@@H]6C[C@@H](O)CN6C(=O)[C@@H](NC(=O)C6(F)CC6)C(C)(C)C)c6ccc(-c7scnc7C)cc6)cc5)CC4)n3)n2)c1. The van der Waals surface area contributed by atoms with Gasteiger partial charge in [0.25, 0.3) is 5.91 Å². The Kier molecular flexibility index (Phi) is 15.4. The summed E-state index contributed by atoms with van der Waals surface area (Å²) in [7, 11) is 0. The molecule has 4 amide bonds. The highest BCUT2D eigenvalue weighted by Crippen LogP contribution is 2.41. The highest BCUT2D eigenvalue weighted by Gasteiger charge is 2.53. The molecular formula is C57H66FN11O7S. The average Bonchev–Trinajstić information content (AvgIpc) is 3.76. The second kappa shape index (κ2) is 22.4. The van der Waals surface area contributed by atoms with E-state index >= 15 is 0 Å². The summed E-state index contributed by atoms with van der Waals surface area (Å²) >= 11 is 1.51. The molecule has 18 nitrogen and oxygen atoms in total. The molecule has 4 fully saturated rings. The number of carbonyl (C=O) groups is 4. The molecule has 3 aromatic heterocycles. The number of aliphatic hydroxyl groups excluding tert-OH is 1. The van der Waals surface area contributed by atoms with E-state index in [4.69, 9.17) is 24.5 Å². The van der Waals surface area contributed by atoms with Gasteiger partial charge in [-0.3, -0.25) is 19.2 Å². The van der Waals surface area contributed by atoms with E-state index in [1.54, 1.807) is 31.0 Å². The van der Waals surface area contributed by atoms with Crippen molar-refractivity contribution in [3.63, 3.8) is 0 Å². The molecular weight excluding hydrogens is 1000 g/mol. The Balaban J connectivity index is 0.789. The Bertz CT molecular complexity index is 3090. The highest BCUT2D eigenvalue weighted by molar-refractivity contribution is 7.13. The first-order valence-electron chi connectivity index (χ1n) is 26.4. The van der Waals surface area contributed by atoms with Gasteiger partial charge in [0.15, 0.2) is 11.5 Å². The monoisotopic (exact) mass is 1070 g/mol. The van der Waals surface area contributed by atoms with Crippen LogP contribution in [0.3, 0.4) is 0 Å². The summed E-state index contributed by atoms with van der Waals surface area (Å²) in [6.45, 7) is 13.2. The number of β-amino-alcohol motifs (C(OH)–C–C–N with tert-alkyl or cyclic N) is 1. The van der Waals surface area contributed by atoms with Gasteiger partial charge in [-0.15, -0.1) is 11.3 Å². The van der Waals surface area contributed by atoms with Gasteiger partial charge >= 0.3 is 6.01 Å². The van der Waals surface area contributed by atoms with Gasteiger partial charge < -0.3 is 45.2 Å². The maximum absolute atomic E-state index is 14.8. The molecule has 4 N–H and O–H groups in total. The molecule has 3 aromatic carbocycles. The second-order valence-electron chi connectivity index (χ2n) is 21.7. The van der Waals surface area contributed by atoms with Gasteiger partial charge in [0, 0.05) is 81.2 Å². The quantitative estimate of drug-likeness (QED) is 0.0761. The summed E-state index contributed by atoms with van der Waals surface area (Å²) in [6, 6.07) is 24.5. The summed E-state index contributed by atoms with van der Waals surface area (Å²) in [4.78, 5) is 76.2. The van der Waals surface area contributed by atoms with Gasteiger partial charge in [0.05, 0.1) is 53.6 Å². The number of aryl methyl sites for hydroxylation is 2. The number of nitrogens with zero attached hydrogens (tertiary/aromatic N) is 8. The number of carbonyl (C=O) groups excluding carboxylic acids is 4. The lowest BCUT2D eigenvalue weighted by atomic mass is 9.85. The summed E-state index contributed by atoms with van der Waals surface area (Å²) in [6.07, 6.45) is 2.18. The van der Waals surface area contributed by atoms with Gasteiger partial charge in [-0.25, -0.2) is 14.1 Å². The Morgan fingerprint density at radius 3 is 2.29 bits per heavy atom. The van der Waals surface area contributed by atoms with E-state index < -0.39 is 53.0 Å². The van der Waals surface area contributed by atoms with E-state index in [1.807, 2.05) is 85.9 Å². The predicted molar refractivity (Wildman–Crippen MR) is 292 cm³/mol. The number of hydrogen-bond donors (Lipinski definition) is 4. The van der Waals surface area contributed by atoms with Gasteiger partial charge in [-0.05, 0) is 79.6 Å². The lowest BCUT2D eigenvalue weighted by Gasteiger charge is -2.36. The van der Waals surface area contributed by atoms with E-state index in [0.29, 0.717) is 49.4 Å². The first kappa shape index (κ1) is 53.1. The molecule has 4 aliphatic rings. The van der Waals surface area contributed by atoms with E-state index in [1.165, 1.54) is 16.2 Å². The van der Waals surface area contributed by atoms with Crippen LogP contribution in [0.15, 0.2) is 96.6 Å². The number of likely N-dealkylation sites (tertiary alicyclic amines) is 1. The van der Waals surface area contributed by atoms with Crippen LogP contribution in [0.2, 0.25) is 0 Å². The fraction of sp³-hybridized carbons (Fsp3) is 0.439. The Hall–Kier alpha value is -7.29. The first-order chi connectivity index (χ1) is 37.0. The number of rotatable bonds is 16. The normalized spacial score (nSPS) is 19.3. The van der Waals surface area contributed by atoms with Crippen LogP contribution >= 0.6 is 11.3 Å². The molecule has 1 saturated carbocycles. The smallest absolute Gasteiger partial charge is 0.320 e. The van der Waals surface area contributed by atoms with Crippen LogP contribution in [0.5, 0.6) is 6.01 Å². The maximum atomic E-state index is 14.8. The molecule has 77 heavy (non-hydrogen) atoms. The van der Waals surface area contributed by atoms with E-state index in [9.17, 15) is 28.7 Å². The van der Waals surface area contributed by atoms with Crippen LogP contribution in [0.25, 0.3) is 27.5 Å². The van der Waals surface area contributed by atoms with Crippen LogP contribution in [0.4, 0.5) is 21.6 Å². The third-order valence-corrected chi connectivity index (χ3v) is 15.7. The summed E-state index contributed by atoms with van der Waals surface area (Å²) in [5.41, 5.74) is 5.98. The summed E-state index contributed by atoms with van der Waals surface area (Å²) < 4.78 is 28.8. The number of piperidine rings is 1. The number of thiazole rings is 1. The number of amides is 4. The minimum Gasteiger partial charge on any atom is -0.460 e. The van der Waals surface area contributed by atoms with Crippen molar-refractivity contribution in [1.29, 1.82) is 0 Å². The highest BCUT2D eigenvalue weighted by atomic mass is 32.1. The van der Waals surface area contributed by atoms with Gasteiger partial charge in [-0.2, -0.15) is 15.1 Å². The Morgan fingerprint density at radius 2 is 1.61 bits per heavy atom. The van der Waals surface area contributed by atoms with E-state index in [0.717, 1.165) is 70.4 Å². The standard InChI is InChI=1S/C57H66FN11O7S/c1-35-7-6-8-39(29-35)44-19-24-69(65-44)48-32-47(67-25-27-75-28-26-67)62-55(63-48)76-43-17-22-66(23-18-43)41-15-13-40(14-16-41)60-49(71)31-45(37-9-11-38(12-10-37)50-36(2)59-34-77-50)61-52(72)46-30-42(70)33-68(46)53(73)51(56(3,4)5)64-54(74)57(58)20-21-57/h6-16,19,24,29,32,34,42-43,45-46,51,70H,17-18,20-23,25-28,30-31,33H2,1-5H3,(H,60,71)(H,61,72)(H,64,74)/t42-,45+,46+,51-/m1/s1. The van der Waals surface area contributed by atoms with Crippen molar-refractivity contribution in [2.24, 2.45) is 5.41 Å². The average molecular weight is 1070 g/mol. The van der Waals surface area contributed by atoms with Crippen molar-refractivity contribution in [2.45, 2.75) is 109 Å². The number of morpholine rings is 1. The summed E-state index contributed by atoms with van der Waals surface area (Å²) in [5.74, 6) is -1.02. The van der Waals surface area contributed by atoms with Crippen molar-refractivity contribution < 1.29 is 38.1 Å². The molecule has 0 unspecified atom stereocenters. The number of benzene rings is 3. The number of halogens is 1. The van der Waals surface area contributed by atoms with E-state index in [2.05, 4.69) is 49.8 Å². The first-order valence-corrected chi connectivity index (χ1v) is 27.3. The molecule has 1 aliphatic carbocycles. The lowest BCUT2D eigenvalue weighted by molar-refractivity contribution is -0.145. The fourth-order valence-corrected chi connectivity index (χ4v) is 11.0. The van der Waals surface area contributed by atoms with Crippen LogP contribution in [0, 0.1) is 19.3 Å². The third kappa shape index (κ3) is 12.5. The van der Waals surface area contributed by atoms with Gasteiger partial charge in [-0.1, -0.05) is 68.8 Å². The molecule has 6 heterocycles. The molecule has 0 radical (unpaired) electrons. The lowest BCUT2D eigenvalue weighted by Crippen LogP contribution is -2.59. The minimum atomic E-state index is -2.01. The minimum absolute atomic E-state index is 0.0589. The maximum Gasteiger partial charge on any atom is 0.320 e. The van der Waals surface area contributed by atoms with Crippen LogP contribution in [-0.4, -0.2) is 134 Å².